The highest BCUT2D eigenvalue weighted by molar-refractivity contribution is 7.76. The molecule has 9 nitrogen and oxygen atoms in total. The molecule has 2 heterocycles. The number of hydrogen-bond donors (Lipinski definition) is 2. The van der Waals surface area contributed by atoms with Gasteiger partial charge in [0, 0.05) is 41.8 Å². The Labute approximate surface area is 202 Å². The summed E-state index contributed by atoms with van der Waals surface area (Å²) in [6.07, 6.45) is 6.65. The number of fused-ring (bicyclic) bond motifs is 1. The van der Waals surface area contributed by atoms with Gasteiger partial charge >= 0.3 is 0 Å². The zero-order chi connectivity index (χ0) is 24.3. The molecule has 1 amide bonds. The molecule has 0 bridgehead atoms. The summed E-state index contributed by atoms with van der Waals surface area (Å²) >= 11 is -2.27. The Balaban J connectivity index is 1.50. The lowest BCUT2D eigenvalue weighted by atomic mass is 9.76. The quantitative estimate of drug-likeness (QED) is 0.452. The first-order valence-electron chi connectivity index (χ1n) is 11.6. The summed E-state index contributed by atoms with van der Waals surface area (Å²) in [5.41, 5.74) is 4.26. The lowest BCUT2D eigenvalue weighted by molar-refractivity contribution is 0.102. The molecule has 1 aliphatic carbocycles. The van der Waals surface area contributed by atoms with Crippen LogP contribution < -0.4 is 5.32 Å². The van der Waals surface area contributed by atoms with E-state index in [0.717, 1.165) is 36.1 Å². The second kappa shape index (κ2) is 10.2. The normalized spacial score (nSPS) is 16.7. The number of benzene rings is 1. The zero-order valence-electron chi connectivity index (χ0n) is 19.8. The minimum atomic E-state index is -2.27. The summed E-state index contributed by atoms with van der Waals surface area (Å²) in [6.45, 7) is 7.03. The van der Waals surface area contributed by atoms with Crippen molar-refractivity contribution in [2.45, 2.75) is 52.5 Å². The van der Waals surface area contributed by atoms with Crippen LogP contribution in [0, 0.1) is 5.41 Å². The Morgan fingerprint density at radius 2 is 2.12 bits per heavy atom. The smallest absolute Gasteiger partial charge is 0.276 e. The van der Waals surface area contributed by atoms with Gasteiger partial charge in [0.25, 0.3) is 5.91 Å². The predicted molar refractivity (Wildman–Crippen MR) is 130 cm³/mol. The van der Waals surface area contributed by atoms with Gasteiger partial charge in [-0.25, -0.2) is 4.31 Å². The molecule has 2 unspecified atom stereocenters. The third-order valence-corrected chi connectivity index (χ3v) is 7.32. The zero-order valence-corrected chi connectivity index (χ0v) is 20.6. The number of carbonyl (C=O) groups is 1. The fraction of sp³-hybridized carbons (Fsp3) is 0.458. The van der Waals surface area contributed by atoms with E-state index in [-0.39, 0.29) is 17.4 Å². The average Bonchev–Trinajstić information content (AvgIpc) is 3.43. The van der Waals surface area contributed by atoms with Crippen LogP contribution in [0.1, 0.15) is 67.0 Å². The van der Waals surface area contributed by atoms with Crippen molar-refractivity contribution in [3.8, 4) is 0 Å². The van der Waals surface area contributed by atoms with Crippen molar-refractivity contribution < 1.29 is 13.6 Å². The number of carbonyl (C=O) groups excluding carboxylic acids is 1. The van der Waals surface area contributed by atoms with Crippen LogP contribution in [0.25, 0.3) is 0 Å². The first-order valence-corrected chi connectivity index (χ1v) is 12.6. The SMILES string of the molecule is CCN(CCC(c1ccccc1)n1cc(NC(=O)c2n[nH]c3c2CCC(C)(C)C3)cn1)S(=O)[O-]. The molecule has 2 N–H and O–H groups in total. The number of rotatable bonds is 9. The Morgan fingerprint density at radius 1 is 1.35 bits per heavy atom. The van der Waals surface area contributed by atoms with Crippen LogP contribution in [0.4, 0.5) is 5.69 Å². The lowest BCUT2D eigenvalue weighted by Gasteiger charge is -2.28. The van der Waals surface area contributed by atoms with Crippen LogP contribution in [0.5, 0.6) is 0 Å². The largest absolute Gasteiger partial charge is 0.760 e. The summed E-state index contributed by atoms with van der Waals surface area (Å²) in [7, 11) is 0. The van der Waals surface area contributed by atoms with Crippen LogP contribution >= 0.6 is 0 Å². The number of hydrogen-bond acceptors (Lipinski definition) is 5. The number of nitrogens with zero attached hydrogens (tertiary/aromatic N) is 4. The molecule has 0 fully saturated rings. The number of amides is 1. The lowest BCUT2D eigenvalue weighted by Crippen LogP contribution is -2.28. The van der Waals surface area contributed by atoms with Gasteiger partial charge in [0.15, 0.2) is 5.69 Å². The summed E-state index contributed by atoms with van der Waals surface area (Å²) in [6, 6.07) is 9.63. The maximum Gasteiger partial charge on any atom is 0.276 e. The molecule has 0 radical (unpaired) electrons. The summed E-state index contributed by atoms with van der Waals surface area (Å²) < 4.78 is 26.0. The minimum Gasteiger partial charge on any atom is -0.760 e. The third kappa shape index (κ3) is 5.45. The van der Waals surface area contributed by atoms with Crippen molar-refractivity contribution in [1.29, 1.82) is 0 Å². The summed E-state index contributed by atoms with van der Waals surface area (Å²) in [5, 5.41) is 14.8. The third-order valence-electron chi connectivity index (χ3n) is 6.45. The van der Waals surface area contributed by atoms with Crippen molar-refractivity contribution in [1.82, 2.24) is 24.3 Å². The molecule has 1 aromatic carbocycles. The predicted octanol–water partition coefficient (Wildman–Crippen LogP) is 3.47. The van der Waals surface area contributed by atoms with Crippen LogP contribution in [-0.2, 0) is 24.1 Å². The van der Waals surface area contributed by atoms with E-state index in [9.17, 15) is 13.6 Å². The molecular weight excluding hydrogens is 452 g/mol. The van der Waals surface area contributed by atoms with Gasteiger partial charge in [0.1, 0.15) is 0 Å². The van der Waals surface area contributed by atoms with Gasteiger partial charge in [-0.3, -0.25) is 18.8 Å². The number of H-pyrrole nitrogens is 1. The molecule has 2 aromatic heterocycles. The van der Waals surface area contributed by atoms with Gasteiger partial charge in [0.2, 0.25) is 0 Å². The fourth-order valence-electron chi connectivity index (χ4n) is 4.53. The number of aromatic amines is 1. The highest BCUT2D eigenvalue weighted by Gasteiger charge is 2.30. The first kappa shape index (κ1) is 24.3. The molecular formula is C24H31N6O3S-. The standard InChI is InChI=1S/C24H32N6O3S/c1-4-29(34(32)33)13-11-21(17-8-6-5-7-9-17)30-16-18(15-25-30)26-23(31)22-19-10-12-24(2,3)14-20(19)27-28-22/h5-9,15-16,21H,4,10-14H2,1-3H3,(H,26,31)(H,27,28)(H,32,33)/p-1. The van der Waals surface area contributed by atoms with E-state index in [1.807, 2.05) is 37.3 Å². The van der Waals surface area contributed by atoms with Crippen molar-refractivity contribution >= 4 is 22.9 Å². The van der Waals surface area contributed by atoms with E-state index < -0.39 is 11.3 Å². The van der Waals surface area contributed by atoms with Crippen molar-refractivity contribution in [3.05, 3.63) is 65.2 Å². The molecule has 0 aliphatic heterocycles. The Hall–Kier alpha value is -2.82. The molecule has 4 rings (SSSR count). The van der Waals surface area contributed by atoms with Crippen LogP contribution in [0.2, 0.25) is 0 Å². The van der Waals surface area contributed by atoms with Gasteiger partial charge in [-0.05, 0) is 36.7 Å². The maximum absolute atomic E-state index is 13.0. The van der Waals surface area contributed by atoms with Crippen LogP contribution in [0.15, 0.2) is 42.7 Å². The van der Waals surface area contributed by atoms with E-state index in [2.05, 4.69) is 34.5 Å². The van der Waals surface area contributed by atoms with Gasteiger partial charge in [-0.1, -0.05) is 51.1 Å². The Morgan fingerprint density at radius 3 is 2.82 bits per heavy atom. The molecule has 1 aliphatic rings. The topological polar surface area (TPSA) is 119 Å². The van der Waals surface area contributed by atoms with E-state index in [1.165, 1.54) is 4.31 Å². The second-order valence-corrected chi connectivity index (χ2v) is 10.4. The Bertz CT molecular complexity index is 1160. The monoisotopic (exact) mass is 483 g/mol. The molecule has 2 atom stereocenters. The summed E-state index contributed by atoms with van der Waals surface area (Å²) in [4.78, 5) is 13.0. The van der Waals surface area contributed by atoms with Gasteiger partial charge in [-0.15, -0.1) is 0 Å². The molecule has 0 saturated heterocycles. The molecule has 182 valence electrons. The molecule has 34 heavy (non-hydrogen) atoms. The second-order valence-electron chi connectivity index (χ2n) is 9.49. The minimum absolute atomic E-state index is 0.176. The average molecular weight is 484 g/mol. The maximum atomic E-state index is 13.0. The Kier molecular flexibility index (Phi) is 7.30. The highest BCUT2D eigenvalue weighted by atomic mass is 32.2. The molecule has 0 spiro atoms. The van der Waals surface area contributed by atoms with Crippen LogP contribution in [0.3, 0.4) is 0 Å². The first-order chi connectivity index (χ1) is 16.3. The van der Waals surface area contributed by atoms with Gasteiger partial charge in [-0.2, -0.15) is 10.2 Å². The molecule has 10 heteroatoms. The fourth-order valence-corrected chi connectivity index (χ4v) is 4.99. The highest BCUT2D eigenvalue weighted by Crippen LogP contribution is 2.35. The van der Waals surface area contributed by atoms with E-state index >= 15 is 0 Å². The van der Waals surface area contributed by atoms with E-state index in [0.29, 0.717) is 30.9 Å². The number of nitrogens with one attached hydrogen (secondary N) is 2. The van der Waals surface area contributed by atoms with Gasteiger partial charge in [0.05, 0.1) is 17.9 Å². The van der Waals surface area contributed by atoms with Gasteiger partial charge < -0.3 is 9.87 Å². The summed E-state index contributed by atoms with van der Waals surface area (Å²) in [5.74, 6) is -0.257. The van der Waals surface area contributed by atoms with Crippen molar-refractivity contribution in [2.24, 2.45) is 5.41 Å². The number of aromatic nitrogens is 4. The van der Waals surface area contributed by atoms with Crippen LogP contribution in [-0.4, -0.2) is 52.0 Å². The van der Waals surface area contributed by atoms with Crippen molar-refractivity contribution in [3.63, 3.8) is 0 Å². The van der Waals surface area contributed by atoms with Crippen molar-refractivity contribution in [2.75, 3.05) is 18.4 Å². The number of anilines is 1. The van der Waals surface area contributed by atoms with E-state index in [1.54, 1.807) is 17.1 Å². The molecule has 0 saturated carbocycles. The van der Waals surface area contributed by atoms with E-state index in [4.69, 9.17) is 0 Å². The molecule has 3 aromatic rings.